The van der Waals surface area contributed by atoms with Crippen molar-refractivity contribution in [3.63, 3.8) is 0 Å². The third-order valence-corrected chi connectivity index (χ3v) is 1.08. The molecule has 0 fully saturated rings. The second kappa shape index (κ2) is 5.76. The minimum absolute atomic E-state index is 0. The first-order valence-electron chi connectivity index (χ1n) is 2.67. The van der Waals surface area contributed by atoms with E-state index in [2.05, 4.69) is 26.0 Å². The molecular formula is C8H10ClZn-. The van der Waals surface area contributed by atoms with Crippen molar-refractivity contribution in [3.05, 3.63) is 42.3 Å². The molecule has 1 aromatic rings. The van der Waals surface area contributed by atoms with Crippen LogP contribution in [0, 0.1) is 13.8 Å². The van der Waals surface area contributed by atoms with Crippen LogP contribution >= 0.6 is 12.4 Å². The van der Waals surface area contributed by atoms with E-state index in [0.717, 1.165) is 5.56 Å². The van der Waals surface area contributed by atoms with Crippen LogP contribution in [0.25, 0.3) is 0 Å². The standard InChI is InChI=1S/C8H9.ClH.Zn/c1-7-4-3-5-8(2)6-7;;/h3-6H,1H2,2H3;1H;/q-1;;. The summed E-state index contributed by atoms with van der Waals surface area (Å²) < 4.78 is 0. The van der Waals surface area contributed by atoms with E-state index in [1.807, 2.05) is 12.1 Å². The largest absolute Gasteiger partial charge is 0.199 e. The van der Waals surface area contributed by atoms with Gasteiger partial charge in [-0.3, -0.25) is 0 Å². The minimum atomic E-state index is 0. The SMILES string of the molecule is Cl.[CH2-]c1cccc(C)c1.[Zn]. The number of hydrogen-bond donors (Lipinski definition) is 0. The van der Waals surface area contributed by atoms with Crippen LogP contribution in [0.2, 0.25) is 0 Å². The quantitative estimate of drug-likeness (QED) is 0.453. The van der Waals surface area contributed by atoms with Gasteiger partial charge in [0.1, 0.15) is 0 Å². The predicted octanol–water partition coefficient (Wildman–Crippen LogP) is 2.60. The maximum atomic E-state index is 3.78. The Morgan fingerprint density at radius 1 is 1.30 bits per heavy atom. The zero-order valence-corrected chi connectivity index (χ0v) is 9.92. The molecule has 1 aromatic carbocycles. The van der Waals surface area contributed by atoms with Gasteiger partial charge in [0.25, 0.3) is 0 Å². The second-order valence-electron chi connectivity index (χ2n) is 1.99. The number of rotatable bonds is 0. The first-order chi connectivity index (χ1) is 3.79. The summed E-state index contributed by atoms with van der Waals surface area (Å²) >= 11 is 0. The van der Waals surface area contributed by atoms with Crippen LogP contribution in [-0.4, -0.2) is 0 Å². The van der Waals surface area contributed by atoms with E-state index >= 15 is 0 Å². The molecular weight excluding hydrogens is 197 g/mol. The fourth-order valence-corrected chi connectivity index (χ4v) is 0.712. The van der Waals surface area contributed by atoms with Gasteiger partial charge < -0.3 is 0 Å². The molecule has 0 bridgehead atoms. The summed E-state index contributed by atoms with van der Waals surface area (Å²) in [6, 6.07) is 8.12. The van der Waals surface area contributed by atoms with Crippen LogP contribution in [0.1, 0.15) is 11.1 Å². The number of aryl methyl sites for hydroxylation is 1. The maximum Gasteiger partial charge on any atom is 0 e. The van der Waals surface area contributed by atoms with Gasteiger partial charge in [-0.2, -0.15) is 24.6 Å². The monoisotopic (exact) mass is 205 g/mol. The molecule has 0 aliphatic rings. The maximum absolute atomic E-state index is 3.78. The van der Waals surface area contributed by atoms with Crippen molar-refractivity contribution in [1.29, 1.82) is 0 Å². The Morgan fingerprint density at radius 3 is 2.20 bits per heavy atom. The van der Waals surface area contributed by atoms with Crippen LogP contribution in [-0.2, 0) is 19.5 Å². The van der Waals surface area contributed by atoms with Crippen LogP contribution in [0.3, 0.4) is 0 Å². The van der Waals surface area contributed by atoms with Gasteiger partial charge in [0, 0.05) is 19.5 Å². The molecule has 0 N–H and O–H groups in total. The van der Waals surface area contributed by atoms with Crippen molar-refractivity contribution in [2.45, 2.75) is 6.92 Å². The third kappa shape index (κ3) is 3.92. The summed E-state index contributed by atoms with van der Waals surface area (Å²) in [4.78, 5) is 0. The van der Waals surface area contributed by atoms with E-state index in [-0.39, 0.29) is 31.9 Å². The van der Waals surface area contributed by atoms with Crippen molar-refractivity contribution in [3.8, 4) is 0 Å². The number of halogens is 1. The Balaban J connectivity index is 0. The van der Waals surface area contributed by atoms with Gasteiger partial charge in [0.05, 0.1) is 0 Å². The molecule has 0 saturated carbocycles. The molecule has 0 atom stereocenters. The second-order valence-corrected chi connectivity index (χ2v) is 1.99. The average molecular weight is 207 g/mol. The normalized spacial score (nSPS) is 7.30. The fraction of sp³-hybridized carbons (Fsp3) is 0.125. The third-order valence-electron chi connectivity index (χ3n) is 1.08. The molecule has 0 nitrogen and oxygen atoms in total. The van der Waals surface area contributed by atoms with Crippen LogP contribution < -0.4 is 0 Å². The van der Waals surface area contributed by atoms with Gasteiger partial charge in [-0.15, -0.1) is 24.0 Å². The minimum Gasteiger partial charge on any atom is -0.199 e. The molecule has 0 aromatic heterocycles. The van der Waals surface area contributed by atoms with E-state index in [0.29, 0.717) is 0 Å². The Labute approximate surface area is 81.2 Å². The molecule has 2 heteroatoms. The van der Waals surface area contributed by atoms with Crippen molar-refractivity contribution >= 4 is 12.4 Å². The predicted molar refractivity (Wildman–Crippen MR) is 42.9 cm³/mol. The van der Waals surface area contributed by atoms with Crippen LogP contribution in [0.5, 0.6) is 0 Å². The molecule has 0 saturated heterocycles. The van der Waals surface area contributed by atoms with Gasteiger partial charge in [0.15, 0.2) is 0 Å². The molecule has 0 radical (unpaired) electrons. The summed E-state index contributed by atoms with van der Waals surface area (Å²) in [5.74, 6) is 0. The summed E-state index contributed by atoms with van der Waals surface area (Å²) in [5.41, 5.74) is 2.36. The molecule has 0 spiro atoms. The zero-order valence-electron chi connectivity index (χ0n) is 6.13. The van der Waals surface area contributed by atoms with Crippen LogP contribution in [0.15, 0.2) is 24.3 Å². The Hall–Kier alpha value is 0.00338. The summed E-state index contributed by atoms with van der Waals surface area (Å²) in [6.07, 6.45) is 0. The average Bonchev–Trinajstić information content (AvgIpc) is 1.64. The van der Waals surface area contributed by atoms with E-state index in [9.17, 15) is 0 Å². The van der Waals surface area contributed by atoms with Crippen molar-refractivity contribution in [2.24, 2.45) is 0 Å². The van der Waals surface area contributed by atoms with E-state index < -0.39 is 0 Å². The smallest absolute Gasteiger partial charge is 0 e. The van der Waals surface area contributed by atoms with Crippen molar-refractivity contribution in [1.82, 2.24) is 0 Å². The molecule has 0 heterocycles. The zero-order chi connectivity index (χ0) is 5.98. The van der Waals surface area contributed by atoms with E-state index in [1.165, 1.54) is 5.56 Å². The summed E-state index contributed by atoms with van der Waals surface area (Å²) in [6.45, 7) is 5.85. The molecule has 0 aliphatic heterocycles. The molecule has 1 rings (SSSR count). The molecule has 0 unspecified atom stereocenters. The van der Waals surface area contributed by atoms with E-state index in [4.69, 9.17) is 0 Å². The number of benzene rings is 1. The van der Waals surface area contributed by atoms with Gasteiger partial charge in [-0.25, -0.2) is 0 Å². The Kier molecular flexibility index (Phi) is 7.30. The van der Waals surface area contributed by atoms with E-state index in [1.54, 1.807) is 0 Å². The first-order valence-corrected chi connectivity index (χ1v) is 2.67. The number of hydrogen-bond acceptors (Lipinski definition) is 0. The first kappa shape index (κ1) is 12.7. The van der Waals surface area contributed by atoms with Crippen LogP contribution in [0.4, 0.5) is 0 Å². The van der Waals surface area contributed by atoms with Crippen molar-refractivity contribution in [2.75, 3.05) is 0 Å². The fourth-order valence-electron chi connectivity index (χ4n) is 0.712. The molecule has 0 aliphatic carbocycles. The molecule has 0 amide bonds. The molecule has 52 valence electrons. The Bertz CT molecular complexity index is 169. The van der Waals surface area contributed by atoms with Gasteiger partial charge in [0.2, 0.25) is 0 Å². The molecule has 10 heavy (non-hydrogen) atoms. The summed E-state index contributed by atoms with van der Waals surface area (Å²) in [7, 11) is 0. The van der Waals surface area contributed by atoms with Gasteiger partial charge in [-0.1, -0.05) is 13.0 Å². The Morgan fingerprint density at radius 2 is 1.90 bits per heavy atom. The van der Waals surface area contributed by atoms with Gasteiger partial charge >= 0.3 is 0 Å². The van der Waals surface area contributed by atoms with Crippen molar-refractivity contribution < 1.29 is 19.5 Å². The summed E-state index contributed by atoms with van der Waals surface area (Å²) in [5, 5.41) is 0. The van der Waals surface area contributed by atoms with Gasteiger partial charge in [-0.05, 0) is 0 Å². The topological polar surface area (TPSA) is 0 Å².